The average molecular weight is 359 g/mol. The summed E-state index contributed by atoms with van der Waals surface area (Å²) in [5.74, 6) is -0.610. The van der Waals surface area contributed by atoms with Crippen molar-refractivity contribution in [2.75, 3.05) is 11.4 Å². The molecule has 0 saturated heterocycles. The SMILES string of the molecule is O=C(N/C(=C/c1cccnc1)C(=O)N1CCc2ccccc21)c1ccco1. The molecule has 0 fully saturated rings. The minimum absolute atomic E-state index is 0.140. The lowest BCUT2D eigenvalue weighted by Crippen LogP contribution is -2.37. The van der Waals surface area contributed by atoms with Gasteiger partial charge in [-0.2, -0.15) is 0 Å². The summed E-state index contributed by atoms with van der Waals surface area (Å²) in [6.07, 6.45) is 7.10. The minimum atomic E-state index is -0.476. The van der Waals surface area contributed by atoms with Gasteiger partial charge in [0.25, 0.3) is 11.8 Å². The van der Waals surface area contributed by atoms with E-state index in [9.17, 15) is 9.59 Å². The highest BCUT2D eigenvalue weighted by Gasteiger charge is 2.28. The zero-order valence-corrected chi connectivity index (χ0v) is 14.5. The number of nitrogens with one attached hydrogen (secondary N) is 1. The third kappa shape index (κ3) is 3.50. The van der Waals surface area contributed by atoms with Crippen LogP contribution in [0.3, 0.4) is 0 Å². The molecule has 4 rings (SSSR count). The molecule has 1 aliphatic rings. The van der Waals surface area contributed by atoms with Gasteiger partial charge in [0.1, 0.15) is 5.70 Å². The molecule has 6 nitrogen and oxygen atoms in total. The molecule has 134 valence electrons. The predicted molar refractivity (Wildman–Crippen MR) is 101 cm³/mol. The Balaban J connectivity index is 1.66. The summed E-state index contributed by atoms with van der Waals surface area (Å²) in [7, 11) is 0. The van der Waals surface area contributed by atoms with Crippen LogP contribution in [0.15, 0.2) is 77.3 Å². The zero-order chi connectivity index (χ0) is 18.6. The van der Waals surface area contributed by atoms with Crippen LogP contribution in [0, 0.1) is 0 Å². The maximum absolute atomic E-state index is 13.2. The van der Waals surface area contributed by atoms with Crippen molar-refractivity contribution in [3.8, 4) is 0 Å². The summed E-state index contributed by atoms with van der Waals surface area (Å²) in [5.41, 5.74) is 2.87. The molecule has 3 aromatic rings. The number of nitrogens with zero attached hydrogens (tertiary/aromatic N) is 2. The second-order valence-corrected chi connectivity index (χ2v) is 6.11. The highest BCUT2D eigenvalue weighted by molar-refractivity contribution is 6.12. The van der Waals surface area contributed by atoms with Gasteiger partial charge in [-0.25, -0.2) is 0 Å². The van der Waals surface area contributed by atoms with Crippen LogP contribution in [0.25, 0.3) is 6.08 Å². The van der Waals surface area contributed by atoms with E-state index in [1.54, 1.807) is 41.6 Å². The van der Waals surface area contributed by atoms with Crippen molar-refractivity contribution in [1.82, 2.24) is 10.3 Å². The van der Waals surface area contributed by atoms with E-state index in [-0.39, 0.29) is 17.4 Å². The van der Waals surface area contributed by atoms with Gasteiger partial charge in [-0.15, -0.1) is 0 Å². The lowest BCUT2D eigenvalue weighted by molar-refractivity contribution is -0.115. The zero-order valence-electron chi connectivity index (χ0n) is 14.5. The fourth-order valence-electron chi connectivity index (χ4n) is 3.07. The van der Waals surface area contributed by atoms with Crippen molar-refractivity contribution >= 4 is 23.6 Å². The largest absolute Gasteiger partial charge is 0.459 e. The molecule has 0 saturated carbocycles. The van der Waals surface area contributed by atoms with Crippen LogP contribution in [0.2, 0.25) is 0 Å². The van der Waals surface area contributed by atoms with Gasteiger partial charge >= 0.3 is 0 Å². The monoisotopic (exact) mass is 359 g/mol. The number of furan rings is 1. The predicted octanol–water partition coefficient (Wildman–Crippen LogP) is 3.03. The number of carbonyl (C=O) groups excluding carboxylic acids is 2. The highest BCUT2D eigenvalue weighted by Crippen LogP contribution is 2.28. The Bertz CT molecular complexity index is 995. The summed E-state index contributed by atoms with van der Waals surface area (Å²) in [4.78, 5) is 31.4. The Labute approximate surface area is 156 Å². The van der Waals surface area contributed by atoms with Crippen LogP contribution < -0.4 is 10.2 Å². The van der Waals surface area contributed by atoms with E-state index in [1.165, 1.54) is 6.26 Å². The smallest absolute Gasteiger partial charge is 0.291 e. The molecule has 0 bridgehead atoms. The molecule has 0 radical (unpaired) electrons. The van der Waals surface area contributed by atoms with Gasteiger partial charge in [0, 0.05) is 24.6 Å². The van der Waals surface area contributed by atoms with Gasteiger partial charge in [0.2, 0.25) is 0 Å². The molecule has 0 aliphatic carbocycles. The van der Waals surface area contributed by atoms with E-state index in [4.69, 9.17) is 4.42 Å². The Morgan fingerprint density at radius 2 is 2.00 bits per heavy atom. The van der Waals surface area contributed by atoms with E-state index in [2.05, 4.69) is 10.3 Å². The lowest BCUT2D eigenvalue weighted by Gasteiger charge is -2.19. The second kappa shape index (κ2) is 7.29. The molecule has 1 aromatic carbocycles. The number of fused-ring (bicyclic) bond motifs is 1. The first-order valence-electron chi connectivity index (χ1n) is 8.59. The number of aromatic nitrogens is 1. The third-order valence-corrected chi connectivity index (χ3v) is 4.35. The lowest BCUT2D eigenvalue weighted by atomic mass is 10.2. The molecule has 2 amide bonds. The first-order chi connectivity index (χ1) is 13.2. The Morgan fingerprint density at radius 1 is 1.11 bits per heavy atom. The number of rotatable bonds is 4. The fraction of sp³-hybridized carbons (Fsp3) is 0.0952. The Kier molecular flexibility index (Phi) is 4.53. The van der Waals surface area contributed by atoms with Crippen molar-refractivity contribution in [2.45, 2.75) is 6.42 Å². The molecule has 2 aromatic heterocycles. The molecule has 0 unspecified atom stereocenters. The number of hydrogen-bond acceptors (Lipinski definition) is 4. The van der Waals surface area contributed by atoms with Crippen LogP contribution in [-0.4, -0.2) is 23.3 Å². The van der Waals surface area contributed by atoms with Gasteiger partial charge in [0.05, 0.1) is 6.26 Å². The standard InChI is InChI=1S/C21H17N3O3/c25-20(19-8-4-12-27-19)23-17(13-15-5-3-10-22-14-15)21(26)24-11-9-16-6-1-2-7-18(16)24/h1-8,10,12-14H,9,11H2,(H,23,25)/b17-13+. The number of benzene rings is 1. The molecular formula is C21H17N3O3. The van der Waals surface area contributed by atoms with E-state index < -0.39 is 5.91 Å². The van der Waals surface area contributed by atoms with Gasteiger partial charge in [0.15, 0.2) is 5.76 Å². The van der Waals surface area contributed by atoms with E-state index >= 15 is 0 Å². The summed E-state index contributed by atoms with van der Waals surface area (Å²) >= 11 is 0. The molecule has 0 spiro atoms. The topological polar surface area (TPSA) is 75.4 Å². The summed E-state index contributed by atoms with van der Waals surface area (Å²) < 4.78 is 5.13. The van der Waals surface area contributed by atoms with Crippen molar-refractivity contribution in [3.05, 3.63) is 89.8 Å². The number of carbonyl (C=O) groups is 2. The number of anilines is 1. The maximum atomic E-state index is 13.2. The van der Waals surface area contributed by atoms with Crippen molar-refractivity contribution < 1.29 is 14.0 Å². The number of hydrogen-bond donors (Lipinski definition) is 1. The van der Waals surface area contributed by atoms with E-state index in [1.807, 2.05) is 30.3 Å². The van der Waals surface area contributed by atoms with Crippen molar-refractivity contribution in [2.24, 2.45) is 0 Å². The number of para-hydroxylation sites is 1. The summed E-state index contributed by atoms with van der Waals surface area (Å²) in [6.45, 7) is 0.569. The minimum Gasteiger partial charge on any atom is -0.459 e. The van der Waals surface area contributed by atoms with Crippen LogP contribution in [0.1, 0.15) is 21.7 Å². The summed E-state index contributed by atoms with van der Waals surface area (Å²) in [5, 5.41) is 2.68. The van der Waals surface area contributed by atoms with Gasteiger partial charge in [-0.1, -0.05) is 24.3 Å². The fourth-order valence-corrected chi connectivity index (χ4v) is 3.07. The number of amides is 2. The van der Waals surface area contributed by atoms with Crippen LogP contribution in [0.4, 0.5) is 5.69 Å². The van der Waals surface area contributed by atoms with Crippen LogP contribution >= 0.6 is 0 Å². The van der Waals surface area contributed by atoms with E-state index in [0.29, 0.717) is 12.1 Å². The first-order valence-corrected chi connectivity index (χ1v) is 8.59. The van der Waals surface area contributed by atoms with E-state index in [0.717, 1.165) is 17.7 Å². The van der Waals surface area contributed by atoms with Crippen LogP contribution in [-0.2, 0) is 11.2 Å². The van der Waals surface area contributed by atoms with Crippen molar-refractivity contribution in [3.63, 3.8) is 0 Å². The van der Waals surface area contributed by atoms with Crippen molar-refractivity contribution in [1.29, 1.82) is 0 Å². The normalized spacial score (nSPS) is 13.3. The van der Waals surface area contributed by atoms with Crippen LogP contribution in [0.5, 0.6) is 0 Å². The Hall–Kier alpha value is -3.67. The summed E-state index contributed by atoms with van der Waals surface area (Å²) in [6, 6.07) is 14.5. The average Bonchev–Trinajstić information content (AvgIpc) is 3.38. The Morgan fingerprint density at radius 3 is 2.78 bits per heavy atom. The molecular weight excluding hydrogens is 342 g/mol. The molecule has 0 atom stereocenters. The van der Waals surface area contributed by atoms with Gasteiger partial charge in [-0.3, -0.25) is 14.6 Å². The molecule has 27 heavy (non-hydrogen) atoms. The van der Waals surface area contributed by atoms with Gasteiger partial charge in [-0.05, 0) is 47.9 Å². The van der Waals surface area contributed by atoms with Gasteiger partial charge < -0.3 is 14.6 Å². The molecule has 3 heterocycles. The third-order valence-electron chi connectivity index (χ3n) is 4.35. The first kappa shape index (κ1) is 16.8. The molecule has 1 aliphatic heterocycles. The number of pyridine rings is 1. The second-order valence-electron chi connectivity index (χ2n) is 6.11. The molecule has 6 heteroatoms. The quantitative estimate of drug-likeness (QED) is 0.727. The highest BCUT2D eigenvalue weighted by atomic mass is 16.3. The maximum Gasteiger partial charge on any atom is 0.291 e. The molecule has 1 N–H and O–H groups in total.